The Kier molecular flexibility index (Phi) is 4.10. The van der Waals surface area contributed by atoms with E-state index in [-0.39, 0.29) is 11.8 Å². The highest BCUT2D eigenvalue weighted by molar-refractivity contribution is 6.33. The van der Waals surface area contributed by atoms with Gasteiger partial charge in [-0.25, -0.2) is 0 Å². The molecule has 0 fully saturated rings. The minimum Gasteiger partial charge on any atom is -0.504 e. The molecule has 0 spiro atoms. The second kappa shape index (κ2) is 6.28. The van der Waals surface area contributed by atoms with Crippen molar-refractivity contribution in [2.75, 3.05) is 13.7 Å². The molecule has 4 nitrogen and oxygen atoms in total. The maximum Gasteiger partial charge on any atom is 0.179 e. The third kappa shape index (κ3) is 2.75. The third-order valence-electron chi connectivity index (χ3n) is 4.99. The van der Waals surface area contributed by atoms with Crippen LogP contribution in [0.3, 0.4) is 0 Å². The number of ether oxygens (including phenoxy) is 1. The van der Waals surface area contributed by atoms with E-state index in [0.717, 1.165) is 24.9 Å². The molecule has 1 atom stereocenters. The molecule has 0 saturated carbocycles. The lowest BCUT2D eigenvalue weighted by atomic mass is 9.94. The summed E-state index contributed by atoms with van der Waals surface area (Å²) in [7, 11) is 1.52. The van der Waals surface area contributed by atoms with Gasteiger partial charge in [-0.05, 0) is 55.6 Å². The van der Waals surface area contributed by atoms with Crippen molar-refractivity contribution in [3.05, 3.63) is 57.7 Å². The van der Waals surface area contributed by atoms with Gasteiger partial charge in [0.2, 0.25) is 0 Å². The summed E-state index contributed by atoms with van der Waals surface area (Å²) < 4.78 is 5.23. The molecule has 130 valence electrons. The topological polar surface area (TPSA) is 57.3 Å². The SMILES string of the molecule is COc1c(O)ccc(CC2NCCc3c2[nH]c2ccc(C)cc32)c1Cl. The first-order valence-electron chi connectivity index (χ1n) is 8.47. The van der Waals surface area contributed by atoms with Crippen LogP contribution in [0.4, 0.5) is 0 Å². The van der Waals surface area contributed by atoms with Crippen LogP contribution in [0, 0.1) is 6.92 Å². The number of fused-ring (bicyclic) bond motifs is 3. The van der Waals surface area contributed by atoms with Crippen LogP contribution in [0.1, 0.15) is 28.4 Å². The number of halogens is 1. The molecule has 3 aromatic rings. The molecule has 0 aliphatic carbocycles. The van der Waals surface area contributed by atoms with E-state index >= 15 is 0 Å². The first-order chi connectivity index (χ1) is 12.1. The van der Waals surface area contributed by atoms with Gasteiger partial charge in [0.05, 0.1) is 18.2 Å². The lowest BCUT2D eigenvalue weighted by molar-refractivity contribution is 0.372. The van der Waals surface area contributed by atoms with E-state index in [1.165, 1.54) is 34.8 Å². The fourth-order valence-corrected chi connectivity index (χ4v) is 4.07. The average Bonchev–Trinajstić information content (AvgIpc) is 2.97. The van der Waals surface area contributed by atoms with E-state index in [1.54, 1.807) is 6.07 Å². The van der Waals surface area contributed by atoms with E-state index < -0.39 is 0 Å². The molecule has 5 heteroatoms. The van der Waals surface area contributed by atoms with Gasteiger partial charge in [-0.15, -0.1) is 0 Å². The van der Waals surface area contributed by atoms with Gasteiger partial charge in [0.15, 0.2) is 11.5 Å². The first kappa shape index (κ1) is 16.3. The Morgan fingerprint density at radius 3 is 2.92 bits per heavy atom. The second-order valence-corrected chi connectivity index (χ2v) is 7.00. The highest BCUT2D eigenvalue weighted by atomic mass is 35.5. The molecule has 2 aromatic carbocycles. The van der Waals surface area contributed by atoms with Gasteiger partial charge in [-0.3, -0.25) is 0 Å². The number of aromatic amines is 1. The fraction of sp³-hybridized carbons (Fsp3) is 0.300. The smallest absolute Gasteiger partial charge is 0.179 e. The minimum absolute atomic E-state index is 0.0645. The molecular formula is C20H21ClN2O2. The van der Waals surface area contributed by atoms with Crippen LogP contribution in [0.25, 0.3) is 10.9 Å². The largest absolute Gasteiger partial charge is 0.504 e. The Balaban J connectivity index is 1.74. The molecule has 1 aromatic heterocycles. The van der Waals surface area contributed by atoms with Gasteiger partial charge in [-0.2, -0.15) is 0 Å². The summed E-state index contributed by atoms with van der Waals surface area (Å²) in [5, 5.41) is 15.2. The van der Waals surface area contributed by atoms with Crippen LogP contribution in [-0.2, 0) is 12.8 Å². The molecule has 0 saturated heterocycles. The molecule has 1 unspecified atom stereocenters. The summed E-state index contributed by atoms with van der Waals surface area (Å²) in [6.45, 7) is 3.06. The van der Waals surface area contributed by atoms with Crippen LogP contribution >= 0.6 is 11.6 Å². The van der Waals surface area contributed by atoms with Gasteiger partial charge < -0.3 is 20.1 Å². The number of methoxy groups -OCH3 is 1. The Bertz CT molecular complexity index is 949. The highest BCUT2D eigenvalue weighted by Gasteiger charge is 2.25. The monoisotopic (exact) mass is 356 g/mol. The standard InChI is InChI=1S/C20H21ClN2O2/c1-11-3-5-15-14(9-11)13-7-8-22-16(19(13)23-15)10-12-4-6-17(24)20(25-2)18(12)21/h3-6,9,16,22-24H,7-8,10H2,1-2H3. The Hall–Kier alpha value is -2.17. The number of rotatable bonds is 3. The van der Waals surface area contributed by atoms with Crippen molar-refractivity contribution < 1.29 is 9.84 Å². The number of phenols is 1. The van der Waals surface area contributed by atoms with Crippen molar-refractivity contribution in [1.29, 1.82) is 0 Å². The van der Waals surface area contributed by atoms with Crippen LogP contribution in [0.5, 0.6) is 11.5 Å². The number of nitrogens with one attached hydrogen (secondary N) is 2. The Morgan fingerprint density at radius 2 is 2.12 bits per heavy atom. The lowest BCUT2D eigenvalue weighted by Crippen LogP contribution is -2.31. The molecule has 1 aliphatic heterocycles. The van der Waals surface area contributed by atoms with Crippen LogP contribution in [0.2, 0.25) is 5.02 Å². The molecule has 0 radical (unpaired) electrons. The van der Waals surface area contributed by atoms with Crippen molar-refractivity contribution >= 4 is 22.5 Å². The number of hydrogen-bond acceptors (Lipinski definition) is 3. The quantitative estimate of drug-likeness (QED) is 0.656. The zero-order chi connectivity index (χ0) is 17.6. The summed E-state index contributed by atoms with van der Waals surface area (Å²) in [5.41, 5.74) is 6.03. The molecular weight excluding hydrogens is 336 g/mol. The summed E-state index contributed by atoms with van der Waals surface area (Å²) in [4.78, 5) is 3.59. The van der Waals surface area contributed by atoms with Gasteiger partial charge in [0.1, 0.15) is 0 Å². The minimum atomic E-state index is 0.0645. The highest BCUT2D eigenvalue weighted by Crippen LogP contribution is 2.39. The van der Waals surface area contributed by atoms with Gasteiger partial charge in [0, 0.05) is 16.6 Å². The van der Waals surface area contributed by atoms with Gasteiger partial charge >= 0.3 is 0 Å². The lowest BCUT2D eigenvalue weighted by Gasteiger charge is -2.25. The zero-order valence-corrected chi connectivity index (χ0v) is 15.1. The molecule has 3 N–H and O–H groups in total. The molecule has 1 aliphatic rings. The zero-order valence-electron chi connectivity index (χ0n) is 14.3. The van der Waals surface area contributed by atoms with Crippen LogP contribution < -0.4 is 10.1 Å². The van der Waals surface area contributed by atoms with Crippen molar-refractivity contribution in [3.8, 4) is 11.5 Å². The first-order valence-corrected chi connectivity index (χ1v) is 8.85. The van der Waals surface area contributed by atoms with Crippen molar-refractivity contribution in [2.45, 2.75) is 25.8 Å². The molecule has 2 heterocycles. The van der Waals surface area contributed by atoms with E-state index in [2.05, 4.69) is 35.4 Å². The van der Waals surface area contributed by atoms with Crippen molar-refractivity contribution in [3.63, 3.8) is 0 Å². The maximum absolute atomic E-state index is 9.87. The molecule has 25 heavy (non-hydrogen) atoms. The number of benzene rings is 2. The molecule has 4 rings (SSSR count). The van der Waals surface area contributed by atoms with E-state index in [0.29, 0.717) is 10.8 Å². The predicted octanol–water partition coefficient (Wildman–Crippen LogP) is 4.27. The average molecular weight is 357 g/mol. The Labute approximate surface area is 151 Å². The van der Waals surface area contributed by atoms with E-state index in [9.17, 15) is 5.11 Å². The normalized spacial score (nSPS) is 16.8. The third-order valence-corrected chi connectivity index (χ3v) is 5.41. The maximum atomic E-state index is 9.87. The van der Waals surface area contributed by atoms with Gasteiger partial charge in [-0.1, -0.05) is 29.3 Å². The molecule has 0 bridgehead atoms. The Morgan fingerprint density at radius 1 is 1.28 bits per heavy atom. The van der Waals surface area contributed by atoms with Crippen molar-refractivity contribution in [2.24, 2.45) is 0 Å². The predicted molar refractivity (Wildman–Crippen MR) is 101 cm³/mol. The summed E-state index contributed by atoms with van der Waals surface area (Å²) in [6, 6.07) is 10.2. The van der Waals surface area contributed by atoms with E-state index in [4.69, 9.17) is 16.3 Å². The fourth-order valence-electron chi connectivity index (χ4n) is 3.76. The molecule has 0 amide bonds. The number of aromatic nitrogens is 1. The van der Waals surface area contributed by atoms with Gasteiger partial charge in [0.25, 0.3) is 0 Å². The number of aryl methyl sites for hydroxylation is 1. The second-order valence-electron chi connectivity index (χ2n) is 6.62. The van der Waals surface area contributed by atoms with E-state index in [1.807, 2.05) is 6.07 Å². The summed E-state index contributed by atoms with van der Waals surface area (Å²) in [5.74, 6) is 0.400. The summed E-state index contributed by atoms with van der Waals surface area (Å²) in [6.07, 6.45) is 1.75. The number of aromatic hydroxyl groups is 1. The van der Waals surface area contributed by atoms with Crippen LogP contribution in [-0.4, -0.2) is 23.7 Å². The van der Waals surface area contributed by atoms with Crippen LogP contribution in [0.15, 0.2) is 30.3 Å². The summed E-state index contributed by atoms with van der Waals surface area (Å²) >= 11 is 6.44. The number of H-pyrrole nitrogens is 1. The van der Waals surface area contributed by atoms with Crippen molar-refractivity contribution in [1.82, 2.24) is 10.3 Å². The number of hydrogen-bond donors (Lipinski definition) is 3. The number of phenolic OH excluding ortho intramolecular Hbond substituents is 1.